The van der Waals surface area contributed by atoms with E-state index in [4.69, 9.17) is 22.1 Å². The van der Waals surface area contributed by atoms with Crippen LogP contribution in [-0.2, 0) is 9.59 Å². The predicted octanol–water partition coefficient (Wildman–Crippen LogP) is 3.16. The minimum atomic E-state index is -1.06. The van der Waals surface area contributed by atoms with Crippen LogP contribution in [0.2, 0.25) is 0 Å². The van der Waals surface area contributed by atoms with E-state index in [1.165, 1.54) is 11.8 Å². The van der Waals surface area contributed by atoms with Gasteiger partial charge in [0.25, 0.3) is 5.91 Å². The number of ether oxygens (including phenoxy) is 1. The maximum absolute atomic E-state index is 11.6. The van der Waals surface area contributed by atoms with Gasteiger partial charge < -0.3 is 15.2 Å². The average molecular weight is 453 g/mol. The van der Waals surface area contributed by atoms with Gasteiger partial charge in [-0.3, -0.25) is 4.79 Å². The zero-order chi connectivity index (χ0) is 15.6. The summed E-state index contributed by atoms with van der Waals surface area (Å²) in [7, 11) is 0. The second-order valence-electron chi connectivity index (χ2n) is 3.85. The highest BCUT2D eigenvalue weighted by Gasteiger charge is 2.22. The van der Waals surface area contributed by atoms with Crippen LogP contribution in [0.4, 0.5) is 0 Å². The fourth-order valence-corrected chi connectivity index (χ4v) is 4.00. The van der Waals surface area contributed by atoms with Gasteiger partial charge in [-0.15, -0.1) is 0 Å². The van der Waals surface area contributed by atoms with Crippen molar-refractivity contribution in [1.29, 1.82) is 0 Å². The number of thiocarbonyl (C=S) groups is 1. The summed E-state index contributed by atoms with van der Waals surface area (Å²) in [6.07, 6.45) is 1.69. The molecule has 1 fully saturated rings. The third-order valence-corrected chi connectivity index (χ3v) is 4.64. The fraction of sp³-hybridized carbons (Fsp3) is 0.0833. The lowest BCUT2D eigenvalue weighted by Crippen LogP contribution is -2.17. The Labute approximate surface area is 146 Å². The molecule has 5 nitrogen and oxygen atoms in total. The average Bonchev–Trinajstić information content (AvgIpc) is 2.66. The Morgan fingerprint density at radius 3 is 2.52 bits per heavy atom. The first kappa shape index (κ1) is 16.5. The van der Waals surface area contributed by atoms with Crippen molar-refractivity contribution < 1.29 is 19.4 Å². The number of carboxylic acid groups (broad SMARTS) is 1. The van der Waals surface area contributed by atoms with Crippen molar-refractivity contribution in [1.82, 2.24) is 5.32 Å². The van der Waals surface area contributed by atoms with Gasteiger partial charge in [-0.25, -0.2) is 4.79 Å². The quantitative estimate of drug-likeness (QED) is 0.539. The fourth-order valence-electron chi connectivity index (χ4n) is 1.51. The van der Waals surface area contributed by atoms with E-state index in [-0.39, 0.29) is 5.91 Å². The van der Waals surface area contributed by atoms with Crippen LogP contribution in [0.3, 0.4) is 0 Å². The lowest BCUT2D eigenvalue weighted by Gasteiger charge is -2.09. The Hall–Kier alpha value is -0.900. The standard InChI is InChI=1S/C12H7Br2NO4S2/c13-6-1-5(3-8-11(18)15-12(20)21-8)2-7(14)10(6)19-4-9(16)17/h1-3H,4H2,(H,16,17)(H,15,18,20)/b8-3-. The van der Waals surface area contributed by atoms with Crippen molar-refractivity contribution in [3.8, 4) is 5.75 Å². The lowest BCUT2D eigenvalue weighted by atomic mass is 10.2. The predicted molar refractivity (Wildman–Crippen MR) is 91.3 cm³/mol. The molecule has 0 bridgehead atoms. The van der Waals surface area contributed by atoms with E-state index < -0.39 is 12.6 Å². The lowest BCUT2D eigenvalue weighted by molar-refractivity contribution is -0.139. The van der Waals surface area contributed by atoms with Gasteiger partial charge >= 0.3 is 5.97 Å². The number of thioether (sulfide) groups is 1. The molecule has 0 atom stereocenters. The highest BCUT2D eigenvalue weighted by atomic mass is 79.9. The van der Waals surface area contributed by atoms with Crippen molar-refractivity contribution in [3.63, 3.8) is 0 Å². The molecule has 1 saturated heterocycles. The number of halogens is 2. The van der Waals surface area contributed by atoms with Gasteiger partial charge in [0.05, 0.1) is 13.9 Å². The van der Waals surface area contributed by atoms with E-state index in [9.17, 15) is 9.59 Å². The van der Waals surface area contributed by atoms with Crippen molar-refractivity contribution in [2.75, 3.05) is 6.61 Å². The number of carbonyl (C=O) groups excluding carboxylic acids is 1. The molecule has 0 unspecified atom stereocenters. The molecule has 110 valence electrons. The Balaban J connectivity index is 2.27. The van der Waals surface area contributed by atoms with Crippen molar-refractivity contribution in [2.24, 2.45) is 0 Å². The molecule has 1 heterocycles. The normalized spacial score (nSPS) is 16.2. The summed E-state index contributed by atoms with van der Waals surface area (Å²) in [5.41, 5.74) is 0.749. The van der Waals surface area contributed by atoms with Crippen molar-refractivity contribution >= 4 is 78.1 Å². The van der Waals surface area contributed by atoms with E-state index >= 15 is 0 Å². The molecule has 0 aliphatic carbocycles. The molecular formula is C12H7Br2NO4S2. The number of nitrogens with one attached hydrogen (secondary N) is 1. The van der Waals surface area contributed by atoms with Crippen LogP contribution in [0.1, 0.15) is 5.56 Å². The van der Waals surface area contributed by atoms with Crippen LogP contribution in [0.5, 0.6) is 5.75 Å². The van der Waals surface area contributed by atoms with Crippen molar-refractivity contribution in [3.05, 3.63) is 31.5 Å². The van der Waals surface area contributed by atoms with Crippen LogP contribution < -0.4 is 10.1 Å². The zero-order valence-corrected chi connectivity index (χ0v) is 15.0. The van der Waals surface area contributed by atoms with E-state index in [0.717, 1.165) is 5.56 Å². The van der Waals surface area contributed by atoms with Crippen LogP contribution in [0, 0.1) is 0 Å². The third-order valence-electron chi connectivity index (χ3n) is 2.30. The smallest absolute Gasteiger partial charge is 0.341 e. The monoisotopic (exact) mass is 451 g/mol. The summed E-state index contributed by atoms with van der Waals surface area (Å²) in [6, 6.07) is 3.45. The molecule has 1 aromatic carbocycles. The number of hydrogen-bond donors (Lipinski definition) is 2. The summed E-state index contributed by atoms with van der Waals surface area (Å²) in [5, 5.41) is 11.2. The molecule has 1 aromatic rings. The molecule has 2 N–H and O–H groups in total. The highest BCUT2D eigenvalue weighted by Crippen LogP contribution is 2.36. The Kier molecular flexibility index (Phi) is 5.42. The molecule has 9 heteroatoms. The first-order chi connectivity index (χ1) is 9.86. The van der Waals surface area contributed by atoms with Crippen molar-refractivity contribution in [2.45, 2.75) is 0 Å². The van der Waals surface area contributed by atoms with Gasteiger partial charge in [0.1, 0.15) is 10.1 Å². The maximum atomic E-state index is 11.6. The number of carbonyl (C=O) groups is 2. The number of carboxylic acids is 1. The van der Waals surface area contributed by atoms with E-state index in [0.29, 0.717) is 23.9 Å². The van der Waals surface area contributed by atoms with Crippen LogP contribution in [0.25, 0.3) is 6.08 Å². The Morgan fingerprint density at radius 1 is 1.43 bits per heavy atom. The SMILES string of the molecule is O=C(O)COc1c(Br)cc(/C=C2\SC(=S)NC2=O)cc1Br. The molecule has 2 rings (SSSR count). The molecule has 1 aliphatic heterocycles. The molecule has 0 saturated carbocycles. The van der Waals surface area contributed by atoms with Crippen LogP contribution in [0.15, 0.2) is 26.0 Å². The Morgan fingerprint density at radius 2 is 2.05 bits per heavy atom. The van der Waals surface area contributed by atoms with Gasteiger partial charge in [-0.05, 0) is 55.6 Å². The van der Waals surface area contributed by atoms with Gasteiger partial charge in [0.2, 0.25) is 0 Å². The second-order valence-corrected chi connectivity index (χ2v) is 7.28. The van der Waals surface area contributed by atoms with E-state index in [1.54, 1.807) is 18.2 Å². The second kappa shape index (κ2) is 6.91. The van der Waals surface area contributed by atoms with Crippen LogP contribution >= 0.6 is 55.8 Å². The molecule has 0 aromatic heterocycles. The van der Waals surface area contributed by atoms with E-state index in [1.807, 2.05) is 0 Å². The summed E-state index contributed by atoms with van der Waals surface area (Å²) in [6.45, 7) is -0.440. The summed E-state index contributed by atoms with van der Waals surface area (Å²) < 4.78 is 6.75. The van der Waals surface area contributed by atoms with E-state index in [2.05, 4.69) is 37.2 Å². The van der Waals surface area contributed by atoms with Gasteiger partial charge in [-0.2, -0.15) is 0 Å². The number of rotatable bonds is 4. The molecular weight excluding hydrogens is 446 g/mol. The largest absolute Gasteiger partial charge is 0.480 e. The first-order valence-corrected chi connectivity index (χ1v) is 8.26. The Bertz CT molecular complexity index is 652. The molecule has 0 spiro atoms. The number of hydrogen-bond acceptors (Lipinski definition) is 5. The van der Waals surface area contributed by atoms with Crippen LogP contribution in [-0.4, -0.2) is 27.9 Å². The number of benzene rings is 1. The third kappa shape index (κ3) is 4.29. The first-order valence-electron chi connectivity index (χ1n) is 5.45. The minimum Gasteiger partial charge on any atom is -0.480 e. The maximum Gasteiger partial charge on any atom is 0.341 e. The topological polar surface area (TPSA) is 75.6 Å². The molecule has 21 heavy (non-hydrogen) atoms. The van der Waals surface area contributed by atoms with Gasteiger partial charge in [0, 0.05) is 0 Å². The summed E-state index contributed by atoms with van der Waals surface area (Å²) in [4.78, 5) is 22.6. The molecule has 1 aliphatic rings. The summed E-state index contributed by atoms with van der Waals surface area (Å²) in [5.74, 6) is -0.908. The number of amides is 1. The zero-order valence-electron chi connectivity index (χ0n) is 10.2. The van der Waals surface area contributed by atoms with Gasteiger partial charge in [0.15, 0.2) is 6.61 Å². The summed E-state index contributed by atoms with van der Waals surface area (Å²) >= 11 is 12.7. The minimum absolute atomic E-state index is 0.233. The van der Waals surface area contributed by atoms with Gasteiger partial charge in [-0.1, -0.05) is 24.0 Å². The molecule has 0 radical (unpaired) electrons. The number of aliphatic carboxylic acids is 1. The molecule has 1 amide bonds. The highest BCUT2D eigenvalue weighted by molar-refractivity contribution is 9.11.